The molecule has 0 fully saturated rings. The Labute approximate surface area is 330 Å². The summed E-state index contributed by atoms with van der Waals surface area (Å²) in [6.45, 7) is 5.56. The summed E-state index contributed by atoms with van der Waals surface area (Å²) < 4.78 is 33.8. The van der Waals surface area contributed by atoms with E-state index in [1.54, 1.807) is 0 Å². The summed E-state index contributed by atoms with van der Waals surface area (Å²) in [7, 11) is 1.13. The number of carbonyl (C=O) groups excluding carboxylic acids is 2. The number of allylic oxidation sites excluding steroid dienone is 9. The molecule has 9 nitrogen and oxygen atoms in total. The van der Waals surface area contributed by atoms with Gasteiger partial charge in [0.25, 0.3) is 7.82 Å². The van der Waals surface area contributed by atoms with Gasteiger partial charge in [0.1, 0.15) is 19.8 Å². The molecule has 0 aliphatic rings. The standard InChI is InChI=1S/C44H78NO8P/c1-6-8-10-12-14-16-18-20-22-24-26-28-30-32-34-36-43(46)50-40-42(41-52-54(48,49)51-39-38-45(3,4)5)53-44(47)37-35-33-31-29-27-25-23-21-19-17-15-13-11-9-7-2/h6,9,11,15,17,21,23,27,29,42H,1,7-8,10,12-14,16,18-20,22,24-26,28,30-41H2,2-5H3/b11-9+,17-15+,23-21+,29-27+/t42-/m1/s1. The quantitative estimate of drug-likeness (QED) is 0.0200. The molecule has 0 bridgehead atoms. The van der Waals surface area contributed by atoms with Crippen LogP contribution < -0.4 is 4.89 Å². The van der Waals surface area contributed by atoms with Gasteiger partial charge in [-0.05, 0) is 64.2 Å². The molecule has 10 heteroatoms. The SMILES string of the molecule is C=CCCCCCCCCCCCCCCCC(=O)OC[C@H](COP(=O)([O-])OCC[N+](C)(C)C)OC(=O)CCCC/C=C/C/C=C/C/C=C/C/C=C/CC. The van der Waals surface area contributed by atoms with Crippen LogP contribution >= 0.6 is 7.82 Å². The average Bonchev–Trinajstić information content (AvgIpc) is 3.12. The number of carbonyl (C=O) groups is 2. The zero-order valence-electron chi connectivity index (χ0n) is 34.7. The Bertz CT molecular complexity index is 1090. The van der Waals surface area contributed by atoms with E-state index in [9.17, 15) is 19.0 Å². The predicted molar refractivity (Wildman–Crippen MR) is 222 cm³/mol. The molecule has 0 heterocycles. The third-order valence-corrected chi connectivity index (χ3v) is 9.63. The number of phosphoric ester groups is 1. The molecule has 312 valence electrons. The van der Waals surface area contributed by atoms with Crippen LogP contribution in [-0.4, -0.2) is 70.0 Å². The van der Waals surface area contributed by atoms with Gasteiger partial charge in [0.15, 0.2) is 6.10 Å². The molecule has 0 radical (unpaired) electrons. The maximum atomic E-state index is 12.6. The largest absolute Gasteiger partial charge is 0.756 e. The topological polar surface area (TPSA) is 111 Å². The Balaban J connectivity index is 4.44. The van der Waals surface area contributed by atoms with Crippen LogP contribution in [0.25, 0.3) is 0 Å². The van der Waals surface area contributed by atoms with Crippen LogP contribution in [0.4, 0.5) is 0 Å². The second kappa shape index (κ2) is 36.4. The third kappa shape index (κ3) is 39.4. The fourth-order valence-corrected chi connectivity index (χ4v) is 6.12. The van der Waals surface area contributed by atoms with E-state index in [0.29, 0.717) is 17.4 Å². The number of hydrogen-bond acceptors (Lipinski definition) is 8. The number of ether oxygens (including phenoxy) is 2. The molecule has 54 heavy (non-hydrogen) atoms. The van der Waals surface area contributed by atoms with Crippen molar-refractivity contribution in [3.63, 3.8) is 0 Å². The summed E-state index contributed by atoms with van der Waals surface area (Å²) in [5, 5.41) is 0. The highest BCUT2D eigenvalue weighted by atomic mass is 31.2. The fraction of sp³-hybridized carbons (Fsp3) is 0.727. The van der Waals surface area contributed by atoms with Crippen LogP contribution in [0.5, 0.6) is 0 Å². The molecular formula is C44H78NO8P. The third-order valence-electron chi connectivity index (χ3n) is 8.67. The lowest BCUT2D eigenvalue weighted by Crippen LogP contribution is -2.37. The van der Waals surface area contributed by atoms with E-state index in [0.717, 1.165) is 64.2 Å². The Morgan fingerprint density at radius 2 is 1.09 bits per heavy atom. The Morgan fingerprint density at radius 1 is 0.630 bits per heavy atom. The van der Waals surface area contributed by atoms with Gasteiger partial charge in [0.2, 0.25) is 0 Å². The highest BCUT2D eigenvalue weighted by Gasteiger charge is 2.21. The van der Waals surface area contributed by atoms with Crippen molar-refractivity contribution in [3.8, 4) is 0 Å². The van der Waals surface area contributed by atoms with Crippen molar-refractivity contribution in [2.24, 2.45) is 0 Å². The van der Waals surface area contributed by atoms with Gasteiger partial charge in [0, 0.05) is 12.8 Å². The van der Waals surface area contributed by atoms with Gasteiger partial charge >= 0.3 is 11.9 Å². The maximum Gasteiger partial charge on any atom is 0.306 e. The number of hydrogen-bond donors (Lipinski definition) is 0. The number of quaternary nitrogens is 1. The minimum absolute atomic E-state index is 0.0417. The molecule has 1 unspecified atom stereocenters. The Morgan fingerprint density at radius 3 is 1.63 bits per heavy atom. The van der Waals surface area contributed by atoms with Crippen molar-refractivity contribution in [1.82, 2.24) is 0 Å². The monoisotopic (exact) mass is 780 g/mol. The summed E-state index contributed by atoms with van der Waals surface area (Å²) in [5.74, 6) is -0.890. The van der Waals surface area contributed by atoms with Crippen LogP contribution in [0.3, 0.4) is 0 Å². The lowest BCUT2D eigenvalue weighted by atomic mass is 10.0. The molecule has 0 N–H and O–H groups in total. The minimum atomic E-state index is -4.64. The zero-order chi connectivity index (χ0) is 40.0. The van der Waals surface area contributed by atoms with E-state index in [4.69, 9.17) is 18.5 Å². The van der Waals surface area contributed by atoms with Crippen molar-refractivity contribution >= 4 is 19.8 Å². The highest BCUT2D eigenvalue weighted by Crippen LogP contribution is 2.38. The number of unbranched alkanes of at least 4 members (excludes halogenated alkanes) is 15. The van der Waals surface area contributed by atoms with E-state index in [1.165, 1.54) is 64.2 Å². The summed E-state index contributed by atoms with van der Waals surface area (Å²) in [6, 6.07) is 0. The van der Waals surface area contributed by atoms with E-state index < -0.39 is 32.5 Å². The minimum Gasteiger partial charge on any atom is -0.756 e. The van der Waals surface area contributed by atoms with Crippen molar-refractivity contribution in [3.05, 3.63) is 61.3 Å². The van der Waals surface area contributed by atoms with Crippen LogP contribution in [0, 0.1) is 0 Å². The molecule has 0 aliphatic heterocycles. The molecule has 0 rings (SSSR count). The molecule has 0 aromatic carbocycles. The molecule has 0 amide bonds. The molecular weight excluding hydrogens is 701 g/mol. The van der Waals surface area contributed by atoms with Gasteiger partial charge in [-0.1, -0.05) is 132 Å². The lowest BCUT2D eigenvalue weighted by molar-refractivity contribution is -0.870. The summed E-state index contributed by atoms with van der Waals surface area (Å²) in [5.41, 5.74) is 0. The van der Waals surface area contributed by atoms with Gasteiger partial charge in [-0.3, -0.25) is 14.2 Å². The van der Waals surface area contributed by atoms with Crippen molar-refractivity contribution in [1.29, 1.82) is 0 Å². The second-order valence-electron chi connectivity index (χ2n) is 15.1. The molecule has 0 aliphatic carbocycles. The van der Waals surface area contributed by atoms with Crippen LogP contribution in [-0.2, 0) is 32.7 Å². The summed E-state index contributed by atoms with van der Waals surface area (Å²) >= 11 is 0. The van der Waals surface area contributed by atoms with Gasteiger partial charge < -0.3 is 27.9 Å². The Hall–Kier alpha value is -2.29. The molecule has 0 spiro atoms. The number of phosphoric acid groups is 1. The number of rotatable bonds is 38. The highest BCUT2D eigenvalue weighted by molar-refractivity contribution is 7.45. The molecule has 2 atom stereocenters. The first-order valence-electron chi connectivity index (χ1n) is 21.0. The van der Waals surface area contributed by atoms with E-state index in [2.05, 4.69) is 62.1 Å². The van der Waals surface area contributed by atoms with Crippen molar-refractivity contribution < 1.29 is 42.1 Å². The second-order valence-corrected chi connectivity index (χ2v) is 16.5. The van der Waals surface area contributed by atoms with E-state index in [-0.39, 0.29) is 26.1 Å². The predicted octanol–water partition coefficient (Wildman–Crippen LogP) is 11.1. The van der Waals surface area contributed by atoms with Gasteiger partial charge in [-0.25, -0.2) is 0 Å². The number of likely N-dealkylation sites (N-methyl/N-ethyl adjacent to an activating group) is 1. The van der Waals surface area contributed by atoms with Gasteiger partial charge in [0.05, 0.1) is 27.7 Å². The smallest absolute Gasteiger partial charge is 0.306 e. The molecule has 0 aromatic heterocycles. The Kier molecular flexibility index (Phi) is 34.8. The first-order valence-corrected chi connectivity index (χ1v) is 22.4. The van der Waals surface area contributed by atoms with Crippen molar-refractivity contribution in [2.75, 3.05) is 47.5 Å². The van der Waals surface area contributed by atoms with Crippen LogP contribution in [0.2, 0.25) is 0 Å². The number of esters is 2. The summed E-state index contributed by atoms with van der Waals surface area (Å²) in [4.78, 5) is 37.4. The fourth-order valence-electron chi connectivity index (χ4n) is 5.39. The van der Waals surface area contributed by atoms with Gasteiger partial charge in [-0.15, -0.1) is 6.58 Å². The van der Waals surface area contributed by atoms with Crippen LogP contribution in [0.15, 0.2) is 61.3 Å². The normalized spacial score (nSPS) is 14.0. The molecule has 0 saturated carbocycles. The first-order chi connectivity index (χ1) is 26.0. The van der Waals surface area contributed by atoms with Gasteiger partial charge in [-0.2, -0.15) is 0 Å². The van der Waals surface area contributed by atoms with Crippen LogP contribution in [0.1, 0.15) is 155 Å². The summed E-state index contributed by atoms with van der Waals surface area (Å²) in [6.07, 6.45) is 41.4. The zero-order valence-corrected chi connectivity index (χ0v) is 35.6. The van der Waals surface area contributed by atoms with Crippen molar-refractivity contribution in [2.45, 2.75) is 161 Å². The average molecular weight is 780 g/mol. The molecule has 0 aromatic rings. The first kappa shape index (κ1) is 51.7. The van der Waals surface area contributed by atoms with E-state index >= 15 is 0 Å². The van der Waals surface area contributed by atoms with E-state index in [1.807, 2.05) is 27.2 Å². The maximum absolute atomic E-state index is 12.6. The lowest BCUT2D eigenvalue weighted by Gasteiger charge is -2.28. The molecule has 0 saturated heterocycles. The number of nitrogens with zero attached hydrogens (tertiary/aromatic N) is 1.